The predicted octanol–water partition coefficient (Wildman–Crippen LogP) is 7.96. The fourth-order valence-electron chi connectivity index (χ4n) is 6.05. The topological polar surface area (TPSA) is 13.1 Å². The predicted molar refractivity (Wildman–Crippen MR) is 150 cm³/mol. The molecule has 2 aromatic heterocycles. The zero-order valence-corrected chi connectivity index (χ0v) is 21.0. The fourth-order valence-corrected chi connectivity index (χ4v) is 6.05. The number of fused-ring (bicyclic) bond motifs is 6. The van der Waals surface area contributed by atoms with Crippen LogP contribution in [-0.4, -0.2) is 20.6 Å². The SMILES string of the molecule is CCN(Cc1cccc2c1c1ccccc1n2CC)Cc1cccc2c3ccccc3n(CC)c12. The Morgan fingerprint density at radius 3 is 1.86 bits per heavy atom. The summed E-state index contributed by atoms with van der Waals surface area (Å²) in [4.78, 5) is 2.58. The first-order valence-electron chi connectivity index (χ1n) is 12.9. The first kappa shape index (κ1) is 21.9. The molecule has 6 aromatic rings. The van der Waals surface area contributed by atoms with E-state index in [2.05, 4.69) is 120 Å². The lowest BCUT2D eigenvalue weighted by Gasteiger charge is -2.22. The Morgan fingerprint density at radius 1 is 0.543 bits per heavy atom. The molecule has 0 unspecified atom stereocenters. The second kappa shape index (κ2) is 8.90. The van der Waals surface area contributed by atoms with Crippen molar-refractivity contribution in [1.82, 2.24) is 14.0 Å². The van der Waals surface area contributed by atoms with Gasteiger partial charge in [-0.1, -0.05) is 73.7 Å². The van der Waals surface area contributed by atoms with Gasteiger partial charge in [-0.3, -0.25) is 4.90 Å². The maximum Gasteiger partial charge on any atom is 0.0536 e. The molecule has 0 saturated carbocycles. The fraction of sp³-hybridized carbons (Fsp3) is 0.250. The standard InChI is InChI=1S/C32H33N3/c1-4-33(21-23-13-12-20-30-31(23)27-16-8-10-19-29(27)34(30)5-2)22-24-14-11-17-26-25-15-7-9-18-28(25)35(6-3)32(24)26/h7-20H,4-6,21-22H2,1-3H3. The summed E-state index contributed by atoms with van der Waals surface area (Å²) in [6, 6.07) is 31.3. The van der Waals surface area contributed by atoms with Crippen LogP contribution in [0, 0.1) is 0 Å². The number of rotatable bonds is 7. The minimum atomic E-state index is 0.937. The molecule has 0 radical (unpaired) electrons. The Morgan fingerprint density at radius 2 is 1.11 bits per heavy atom. The molecule has 2 heterocycles. The summed E-state index contributed by atoms with van der Waals surface area (Å²) in [6.07, 6.45) is 0. The van der Waals surface area contributed by atoms with Crippen molar-refractivity contribution in [3.05, 3.63) is 96.1 Å². The molecule has 3 nitrogen and oxygen atoms in total. The number of aryl methyl sites for hydroxylation is 2. The third-order valence-electron chi connectivity index (χ3n) is 7.63. The van der Waals surface area contributed by atoms with Crippen LogP contribution in [0.15, 0.2) is 84.9 Å². The molecule has 0 aliphatic heterocycles. The molecule has 0 bridgehead atoms. The molecule has 6 rings (SSSR count). The van der Waals surface area contributed by atoms with E-state index in [-0.39, 0.29) is 0 Å². The molecule has 176 valence electrons. The average molecular weight is 460 g/mol. The minimum absolute atomic E-state index is 0.937. The van der Waals surface area contributed by atoms with Gasteiger partial charge in [-0.2, -0.15) is 0 Å². The number of hydrogen-bond acceptors (Lipinski definition) is 1. The summed E-state index contributed by atoms with van der Waals surface area (Å²) in [5, 5.41) is 5.49. The van der Waals surface area contributed by atoms with E-state index >= 15 is 0 Å². The maximum atomic E-state index is 2.58. The van der Waals surface area contributed by atoms with E-state index in [1.165, 1.54) is 54.7 Å². The summed E-state index contributed by atoms with van der Waals surface area (Å²) < 4.78 is 4.94. The normalized spacial score (nSPS) is 12.1. The quantitative estimate of drug-likeness (QED) is 0.236. The molecule has 0 atom stereocenters. The molecule has 0 aliphatic carbocycles. The molecule has 35 heavy (non-hydrogen) atoms. The summed E-state index contributed by atoms with van der Waals surface area (Å²) in [7, 11) is 0. The van der Waals surface area contributed by atoms with Gasteiger partial charge in [0.2, 0.25) is 0 Å². The van der Waals surface area contributed by atoms with E-state index in [4.69, 9.17) is 0 Å². The first-order valence-corrected chi connectivity index (χ1v) is 12.9. The molecule has 0 amide bonds. The zero-order valence-electron chi connectivity index (χ0n) is 21.0. The van der Waals surface area contributed by atoms with E-state index in [1.807, 2.05) is 0 Å². The second-order valence-corrected chi connectivity index (χ2v) is 9.45. The van der Waals surface area contributed by atoms with Crippen molar-refractivity contribution >= 4 is 43.6 Å². The van der Waals surface area contributed by atoms with Crippen molar-refractivity contribution in [3.8, 4) is 0 Å². The Balaban J connectivity index is 1.44. The van der Waals surface area contributed by atoms with Crippen LogP contribution in [0.2, 0.25) is 0 Å². The lowest BCUT2D eigenvalue weighted by Crippen LogP contribution is -2.23. The van der Waals surface area contributed by atoms with Crippen molar-refractivity contribution in [2.24, 2.45) is 0 Å². The Hall–Kier alpha value is -3.56. The van der Waals surface area contributed by atoms with Crippen LogP contribution in [0.25, 0.3) is 43.6 Å². The van der Waals surface area contributed by atoms with Crippen LogP contribution in [0.3, 0.4) is 0 Å². The summed E-state index contributed by atoms with van der Waals surface area (Å²) in [5.74, 6) is 0. The van der Waals surface area contributed by atoms with Crippen molar-refractivity contribution in [1.29, 1.82) is 0 Å². The van der Waals surface area contributed by atoms with Gasteiger partial charge in [0.25, 0.3) is 0 Å². The molecule has 0 saturated heterocycles. The van der Waals surface area contributed by atoms with E-state index in [0.29, 0.717) is 0 Å². The van der Waals surface area contributed by atoms with Crippen molar-refractivity contribution in [3.63, 3.8) is 0 Å². The molecular weight excluding hydrogens is 426 g/mol. The van der Waals surface area contributed by atoms with Gasteiger partial charge >= 0.3 is 0 Å². The van der Waals surface area contributed by atoms with Crippen LogP contribution < -0.4 is 0 Å². The minimum Gasteiger partial charge on any atom is -0.341 e. The molecule has 0 spiro atoms. The largest absolute Gasteiger partial charge is 0.341 e. The monoisotopic (exact) mass is 459 g/mol. The van der Waals surface area contributed by atoms with Gasteiger partial charge in [0, 0.05) is 64.3 Å². The van der Waals surface area contributed by atoms with Gasteiger partial charge in [0.05, 0.1) is 5.52 Å². The van der Waals surface area contributed by atoms with Crippen molar-refractivity contribution < 1.29 is 0 Å². The lowest BCUT2D eigenvalue weighted by atomic mass is 10.0. The Labute approximate surface area is 207 Å². The van der Waals surface area contributed by atoms with Crippen molar-refractivity contribution in [2.45, 2.75) is 47.0 Å². The highest BCUT2D eigenvalue weighted by atomic mass is 15.1. The smallest absolute Gasteiger partial charge is 0.0536 e. The van der Waals surface area contributed by atoms with E-state index in [1.54, 1.807) is 0 Å². The highest BCUT2D eigenvalue weighted by Gasteiger charge is 2.17. The van der Waals surface area contributed by atoms with Crippen molar-refractivity contribution in [2.75, 3.05) is 6.54 Å². The van der Waals surface area contributed by atoms with Gasteiger partial charge in [-0.15, -0.1) is 0 Å². The van der Waals surface area contributed by atoms with Gasteiger partial charge in [-0.05, 0) is 49.7 Å². The summed E-state index contributed by atoms with van der Waals surface area (Å²) in [6.45, 7) is 11.6. The summed E-state index contributed by atoms with van der Waals surface area (Å²) in [5.41, 5.74) is 8.21. The number of para-hydroxylation sites is 3. The zero-order chi connectivity index (χ0) is 23.9. The average Bonchev–Trinajstić information content (AvgIpc) is 3.41. The molecular formula is C32H33N3. The third-order valence-corrected chi connectivity index (χ3v) is 7.63. The molecule has 3 heteroatoms. The third kappa shape index (κ3) is 3.45. The number of hydrogen-bond donors (Lipinski definition) is 0. The van der Waals surface area contributed by atoms with Crippen LogP contribution in [0.5, 0.6) is 0 Å². The highest BCUT2D eigenvalue weighted by molar-refractivity contribution is 6.10. The maximum absolute atomic E-state index is 2.58. The highest BCUT2D eigenvalue weighted by Crippen LogP contribution is 2.34. The first-order chi connectivity index (χ1) is 17.2. The second-order valence-electron chi connectivity index (χ2n) is 9.45. The summed E-state index contributed by atoms with van der Waals surface area (Å²) >= 11 is 0. The van der Waals surface area contributed by atoms with Crippen LogP contribution in [0.4, 0.5) is 0 Å². The van der Waals surface area contributed by atoms with Gasteiger partial charge in [0.15, 0.2) is 0 Å². The molecule has 0 fully saturated rings. The number of nitrogens with zero attached hydrogens (tertiary/aromatic N) is 3. The lowest BCUT2D eigenvalue weighted by molar-refractivity contribution is 0.273. The van der Waals surface area contributed by atoms with E-state index < -0.39 is 0 Å². The molecule has 0 N–H and O–H groups in total. The van der Waals surface area contributed by atoms with Gasteiger partial charge in [0.1, 0.15) is 0 Å². The number of benzene rings is 4. The van der Waals surface area contributed by atoms with E-state index in [0.717, 1.165) is 32.7 Å². The van der Waals surface area contributed by atoms with Gasteiger partial charge in [-0.25, -0.2) is 0 Å². The molecule has 0 aliphatic rings. The van der Waals surface area contributed by atoms with Crippen LogP contribution in [0.1, 0.15) is 31.9 Å². The Kier molecular flexibility index (Phi) is 5.58. The Bertz CT molecular complexity index is 1670. The van der Waals surface area contributed by atoms with Gasteiger partial charge < -0.3 is 9.13 Å². The van der Waals surface area contributed by atoms with E-state index in [9.17, 15) is 0 Å². The van der Waals surface area contributed by atoms with Crippen LogP contribution in [-0.2, 0) is 26.2 Å². The molecule has 4 aromatic carbocycles. The van der Waals surface area contributed by atoms with Crippen LogP contribution >= 0.6 is 0 Å². The number of aromatic nitrogens is 2.